The van der Waals surface area contributed by atoms with E-state index in [4.69, 9.17) is 0 Å². The van der Waals surface area contributed by atoms with Crippen LogP contribution < -0.4 is 5.32 Å². The van der Waals surface area contributed by atoms with Gasteiger partial charge in [-0.3, -0.25) is 4.68 Å². The summed E-state index contributed by atoms with van der Waals surface area (Å²) in [5, 5.41) is 7.80. The first-order valence-electron chi connectivity index (χ1n) is 6.40. The Morgan fingerprint density at radius 1 is 1.44 bits per heavy atom. The van der Waals surface area contributed by atoms with Crippen molar-refractivity contribution in [2.45, 2.75) is 46.1 Å². The quantitative estimate of drug-likeness (QED) is 0.770. The molecule has 0 aromatic carbocycles. The highest BCUT2D eigenvalue weighted by Gasteiger charge is 2.16. The van der Waals surface area contributed by atoms with Crippen molar-refractivity contribution in [2.75, 3.05) is 6.54 Å². The Labute approximate surface area is 99.2 Å². The average molecular weight is 223 g/mol. The van der Waals surface area contributed by atoms with Crippen molar-refractivity contribution >= 4 is 0 Å². The smallest absolute Gasteiger partial charge is 0.0550 e. The highest BCUT2D eigenvalue weighted by atomic mass is 15.3. The number of aromatic nitrogens is 2. The molecule has 1 N–H and O–H groups in total. The molecule has 1 aromatic heterocycles. The lowest BCUT2D eigenvalue weighted by atomic mass is 9.95. The van der Waals surface area contributed by atoms with Gasteiger partial charge in [0.25, 0.3) is 0 Å². The molecule has 0 saturated carbocycles. The Morgan fingerprint density at radius 3 is 2.69 bits per heavy atom. The number of aryl methyl sites for hydroxylation is 1. The van der Waals surface area contributed by atoms with Crippen molar-refractivity contribution in [3.8, 4) is 0 Å². The summed E-state index contributed by atoms with van der Waals surface area (Å²) in [5.74, 6) is 0.768. The minimum Gasteiger partial charge on any atom is -0.309 e. The molecule has 0 bridgehead atoms. The standard InChI is InChI=1S/C13H25N3/c1-5-7-11(3)10-12(14-6-2)13-8-9-15-16(13)4/h8-9,11-12,14H,5-7,10H2,1-4H3. The van der Waals surface area contributed by atoms with E-state index in [2.05, 4.69) is 37.3 Å². The Balaban J connectivity index is 2.64. The van der Waals surface area contributed by atoms with E-state index in [0.717, 1.165) is 12.5 Å². The third-order valence-corrected chi connectivity index (χ3v) is 3.09. The molecular weight excluding hydrogens is 198 g/mol. The van der Waals surface area contributed by atoms with E-state index in [1.165, 1.54) is 25.0 Å². The third kappa shape index (κ3) is 3.63. The van der Waals surface area contributed by atoms with Gasteiger partial charge in [-0.15, -0.1) is 0 Å². The number of hydrogen-bond donors (Lipinski definition) is 1. The number of nitrogens with one attached hydrogen (secondary N) is 1. The van der Waals surface area contributed by atoms with Gasteiger partial charge >= 0.3 is 0 Å². The molecule has 0 radical (unpaired) electrons. The van der Waals surface area contributed by atoms with E-state index in [9.17, 15) is 0 Å². The molecule has 16 heavy (non-hydrogen) atoms. The van der Waals surface area contributed by atoms with Crippen LogP contribution in [0, 0.1) is 5.92 Å². The van der Waals surface area contributed by atoms with Gasteiger partial charge in [-0.25, -0.2) is 0 Å². The van der Waals surface area contributed by atoms with Crippen LogP contribution in [0.5, 0.6) is 0 Å². The van der Waals surface area contributed by atoms with Gasteiger partial charge in [0.05, 0.1) is 5.69 Å². The summed E-state index contributed by atoms with van der Waals surface area (Å²) < 4.78 is 1.98. The van der Waals surface area contributed by atoms with Crippen LogP contribution >= 0.6 is 0 Å². The summed E-state index contributed by atoms with van der Waals surface area (Å²) in [4.78, 5) is 0. The molecule has 2 atom stereocenters. The molecule has 1 rings (SSSR count). The second-order valence-electron chi connectivity index (χ2n) is 4.62. The van der Waals surface area contributed by atoms with E-state index in [0.29, 0.717) is 6.04 Å². The zero-order valence-corrected chi connectivity index (χ0v) is 11.0. The predicted octanol–water partition coefficient (Wildman–Crippen LogP) is 2.90. The number of nitrogens with zero attached hydrogens (tertiary/aromatic N) is 2. The van der Waals surface area contributed by atoms with Gasteiger partial charge in [0.15, 0.2) is 0 Å². The minimum atomic E-state index is 0.444. The first kappa shape index (κ1) is 13.2. The molecule has 1 aromatic rings. The van der Waals surface area contributed by atoms with E-state index >= 15 is 0 Å². The van der Waals surface area contributed by atoms with Crippen LogP contribution in [0.15, 0.2) is 12.3 Å². The van der Waals surface area contributed by atoms with Crippen LogP contribution in [0.4, 0.5) is 0 Å². The fourth-order valence-electron chi connectivity index (χ4n) is 2.29. The van der Waals surface area contributed by atoms with Gasteiger partial charge < -0.3 is 5.32 Å². The van der Waals surface area contributed by atoms with Crippen molar-refractivity contribution in [1.29, 1.82) is 0 Å². The summed E-state index contributed by atoms with van der Waals surface area (Å²) >= 11 is 0. The average Bonchev–Trinajstić information content (AvgIpc) is 2.64. The van der Waals surface area contributed by atoms with Gasteiger partial charge in [-0.1, -0.05) is 33.6 Å². The van der Waals surface area contributed by atoms with Crippen molar-refractivity contribution in [3.05, 3.63) is 18.0 Å². The zero-order chi connectivity index (χ0) is 12.0. The highest BCUT2D eigenvalue weighted by Crippen LogP contribution is 2.23. The van der Waals surface area contributed by atoms with Gasteiger partial charge in [0.2, 0.25) is 0 Å². The van der Waals surface area contributed by atoms with E-state index in [1.807, 2.05) is 17.9 Å². The molecule has 3 heteroatoms. The summed E-state index contributed by atoms with van der Waals surface area (Å²) in [6.07, 6.45) is 5.65. The van der Waals surface area contributed by atoms with Crippen LogP contribution in [0.3, 0.4) is 0 Å². The fraction of sp³-hybridized carbons (Fsp3) is 0.769. The van der Waals surface area contributed by atoms with Crippen LogP contribution in [0.2, 0.25) is 0 Å². The Bertz CT molecular complexity index is 293. The minimum absolute atomic E-state index is 0.444. The van der Waals surface area contributed by atoms with E-state index < -0.39 is 0 Å². The molecule has 0 aliphatic heterocycles. The second kappa shape index (κ2) is 6.69. The van der Waals surface area contributed by atoms with Crippen molar-refractivity contribution in [2.24, 2.45) is 13.0 Å². The van der Waals surface area contributed by atoms with Gasteiger partial charge in [-0.2, -0.15) is 5.10 Å². The highest BCUT2D eigenvalue weighted by molar-refractivity contribution is 5.06. The Morgan fingerprint density at radius 2 is 2.19 bits per heavy atom. The molecule has 0 spiro atoms. The molecule has 0 amide bonds. The monoisotopic (exact) mass is 223 g/mol. The van der Waals surface area contributed by atoms with Crippen molar-refractivity contribution < 1.29 is 0 Å². The molecule has 2 unspecified atom stereocenters. The number of rotatable bonds is 7. The zero-order valence-electron chi connectivity index (χ0n) is 11.0. The molecule has 3 nitrogen and oxygen atoms in total. The molecule has 0 aliphatic rings. The van der Waals surface area contributed by atoms with Gasteiger partial charge in [0, 0.05) is 19.3 Å². The van der Waals surface area contributed by atoms with Crippen LogP contribution in [0.25, 0.3) is 0 Å². The maximum Gasteiger partial charge on any atom is 0.0550 e. The molecule has 0 aliphatic carbocycles. The molecule has 92 valence electrons. The lowest BCUT2D eigenvalue weighted by Crippen LogP contribution is -2.25. The van der Waals surface area contributed by atoms with Crippen LogP contribution in [-0.4, -0.2) is 16.3 Å². The maximum absolute atomic E-state index is 4.25. The summed E-state index contributed by atoms with van der Waals surface area (Å²) in [7, 11) is 2.02. The molecule has 1 heterocycles. The first-order valence-corrected chi connectivity index (χ1v) is 6.40. The SMILES string of the molecule is CCCC(C)CC(NCC)c1ccnn1C. The largest absolute Gasteiger partial charge is 0.309 e. The van der Waals surface area contributed by atoms with Crippen molar-refractivity contribution in [1.82, 2.24) is 15.1 Å². The number of hydrogen-bond acceptors (Lipinski definition) is 2. The normalized spacial score (nSPS) is 15.0. The third-order valence-electron chi connectivity index (χ3n) is 3.09. The molecule has 0 fully saturated rings. The van der Waals surface area contributed by atoms with Gasteiger partial charge in [-0.05, 0) is 24.9 Å². The van der Waals surface area contributed by atoms with Crippen molar-refractivity contribution in [3.63, 3.8) is 0 Å². The van der Waals surface area contributed by atoms with Crippen LogP contribution in [-0.2, 0) is 7.05 Å². The molecular formula is C13H25N3. The fourth-order valence-corrected chi connectivity index (χ4v) is 2.29. The lowest BCUT2D eigenvalue weighted by Gasteiger charge is -2.21. The summed E-state index contributed by atoms with van der Waals surface area (Å²) in [6, 6.07) is 2.56. The summed E-state index contributed by atoms with van der Waals surface area (Å²) in [6.45, 7) is 7.76. The summed E-state index contributed by atoms with van der Waals surface area (Å²) in [5.41, 5.74) is 1.30. The Hall–Kier alpha value is -0.830. The topological polar surface area (TPSA) is 29.9 Å². The van der Waals surface area contributed by atoms with E-state index in [1.54, 1.807) is 0 Å². The first-order chi connectivity index (χ1) is 7.69. The second-order valence-corrected chi connectivity index (χ2v) is 4.62. The maximum atomic E-state index is 4.25. The van der Waals surface area contributed by atoms with Gasteiger partial charge in [0.1, 0.15) is 0 Å². The Kier molecular flexibility index (Phi) is 5.53. The molecule has 0 saturated heterocycles. The van der Waals surface area contributed by atoms with E-state index in [-0.39, 0.29) is 0 Å². The predicted molar refractivity (Wildman–Crippen MR) is 68.3 cm³/mol. The lowest BCUT2D eigenvalue weighted by molar-refractivity contribution is 0.381. The van der Waals surface area contributed by atoms with Crippen LogP contribution in [0.1, 0.15) is 51.8 Å².